The van der Waals surface area contributed by atoms with Crippen LogP contribution in [0.4, 0.5) is 0 Å². The molecule has 4 heteroatoms. The average molecular weight is 162 g/mol. The molecule has 0 saturated carbocycles. The third kappa shape index (κ3) is 3.74. The second-order valence-corrected chi connectivity index (χ2v) is 2.82. The predicted octanol–water partition coefficient (Wildman–Crippen LogP) is -0.232. The Balaban J connectivity index is 3.72. The van der Waals surface area contributed by atoms with Crippen LogP contribution in [0.2, 0.25) is 0 Å². The fourth-order valence-corrected chi connectivity index (χ4v) is 0.913. The third-order valence-corrected chi connectivity index (χ3v) is 1.43. The molecule has 0 heterocycles. The van der Waals surface area contributed by atoms with Crippen molar-refractivity contribution < 1.29 is 4.79 Å². The first-order valence-electron chi connectivity index (χ1n) is 3.24. The van der Waals surface area contributed by atoms with Crippen molar-refractivity contribution in [1.29, 1.82) is 0 Å². The molecule has 3 nitrogen and oxygen atoms in total. The van der Waals surface area contributed by atoms with Crippen LogP contribution in [0.15, 0.2) is 0 Å². The summed E-state index contributed by atoms with van der Waals surface area (Å²) < 4.78 is 0. The van der Waals surface area contributed by atoms with Gasteiger partial charge in [-0.15, -0.1) is 0 Å². The Bertz CT molecular complexity index is 116. The Morgan fingerprint density at radius 1 is 1.70 bits per heavy atom. The Morgan fingerprint density at radius 3 is 2.30 bits per heavy atom. The van der Waals surface area contributed by atoms with Gasteiger partial charge < -0.3 is 11.1 Å². The number of nitrogens with two attached hydrogens (primary N) is 1. The Morgan fingerprint density at radius 2 is 2.20 bits per heavy atom. The normalized spacial score (nSPS) is 13.6. The molecular weight excluding hydrogens is 148 g/mol. The minimum atomic E-state index is -0.344. The van der Waals surface area contributed by atoms with E-state index in [2.05, 4.69) is 17.9 Å². The van der Waals surface area contributed by atoms with Crippen molar-refractivity contribution in [2.24, 2.45) is 5.73 Å². The molecule has 1 amide bonds. The highest BCUT2D eigenvalue weighted by Crippen LogP contribution is 1.88. The van der Waals surface area contributed by atoms with Gasteiger partial charge >= 0.3 is 0 Å². The first kappa shape index (κ1) is 9.78. The van der Waals surface area contributed by atoms with E-state index in [9.17, 15) is 4.79 Å². The quantitative estimate of drug-likeness (QED) is 0.500. The largest absolute Gasteiger partial charge is 0.368 e. The van der Waals surface area contributed by atoms with Gasteiger partial charge in [-0.25, -0.2) is 0 Å². The maximum atomic E-state index is 10.6. The monoisotopic (exact) mass is 162 g/mol. The second-order valence-electron chi connectivity index (χ2n) is 2.46. The highest BCUT2D eigenvalue weighted by molar-refractivity contribution is 7.80. The lowest BCUT2D eigenvalue weighted by Gasteiger charge is -2.15. The molecule has 0 aromatic heterocycles. The van der Waals surface area contributed by atoms with Crippen LogP contribution in [0.3, 0.4) is 0 Å². The van der Waals surface area contributed by atoms with Crippen molar-refractivity contribution in [3.05, 3.63) is 0 Å². The number of carbonyl (C=O) groups excluding carboxylic acids is 1. The summed E-state index contributed by atoms with van der Waals surface area (Å²) in [6.07, 6.45) is 0. The topological polar surface area (TPSA) is 55.1 Å². The maximum Gasteiger partial charge on any atom is 0.235 e. The van der Waals surface area contributed by atoms with Crippen molar-refractivity contribution in [1.82, 2.24) is 5.32 Å². The van der Waals surface area contributed by atoms with Crippen LogP contribution in [0, 0.1) is 0 Å². The van der Waals surface area contributed by atoms with E-state index in [0.29, 0.717) is 5.75 Å². The molecule has 0 fully saturated rings. The van der Waals surface area contributed by atoms with Gasteiger partial charge in [0.1, 0.15) is 0 Å². The molecule has 0 spiro atoms. The van der Waals surface area contributed by atoms with E-state index in [-0.39, 0.29) is 18.0 Å². The van der Waals surface area contributed by atoms with E-state index in [0.717, 1.165) is 0 Å². The second kappa shape index (κ2) is 4.57. The van der Waals surface area contributed by atoms with Gasteiger partial charge in [0.15, 0.2) is 0 Å². The molecule has 10 heavy (non-hydrogen) atoms. The van der Waals surface area contributed by atoms with Gasteiger partial charge in [0.05, 0.1) is 6.04 Å². The van der Waals surface area contributed by atoms with Crippen LogP contribution < -0.4 is 11.1 Å². The zero-order chi connectivity index (χ0) is 8.15. The van der Waals surface area contributed by atoms with Gasteiger partial charge in [0, 0.05) is 11.8 Å². The molecule has 0 saturated heterocycles. The molecule has 0 aliphatic carbocycles. The number of hydrogen-bond acceptors (Lipinski definition) is 3. The van der Waals surface area contributed by atoms with Crippen LogP contribution in [0.25, 0.3) is 0 Å². The molecule has 3 N–H and O–H groups in total. The van der Waals surface area contributed by atoms with E-state index in [1.165, 1.54) is 0 Å². The number of hydrogen-bond donors (Lipinski definition) is 3. The standard InChI is InChI=1S/C6H14N2OS/c1-4(2)8-5(3-10)6(7)9/h4-5,8,10H,3H2,1-2H3,(H2,7,9). The van der Waals surface area contributed by atoms with Crippen LogP contribution in [-0.2, 0) is 4.79 Å². The summed E-state index contributed by atoms with van der Waals surface area (Å²) in [5.41, 5.74) is 5.05. The summed E-state index contributed by atoms with van der Waals surface area (Å²) in [7, 11) is 0. The smallest absolute Gasteiger partial charge is 0.235 e. The van der Waals surface area contributed by atoms with Crippen LogP contribution in [-0.4, -0.2) is 23.7 Å². The highest BCUT2D eigenvalue weighted by atomic mass is 32.1. The first-order chi connectivity index (χ1) is 4.57. The van der Waals surface area contributed by atoms with Gasteiger partial charge in [0.2, 0.25) is 5.91 Å². The Labute approximate surface area is 66.8 Å². The van der Waals surface area contributed by atoms with E-state index < -0.39 is 0 Å². The number of primary amides is 1. The summed E-state index contributed by atoms with van der Waals surface area (Å²) in [5, 5.41) is 2.98. The molecular formula is C6H14N2OS. The zero-order valence-corrected chi connectivity index (χ0v) is 7.19. The summed E-state index contributed by atoms with van der Waals surface area (Å²) >= 11 is 3.97. The molecule has 0 aromatic rings. The Hall–Kier alpha value is -0.220. The molecule has 0 aliphatic rings. The van der Waals surface area contributed by atoms with Crippen molar-refractivity contribution >= 4 is 18.5 Å². The fourth-order valence-electron chi connectivity index (χ4n) is 0.627. The van der Waals surface area contributed by atoms with E-state index in [1.807, 2.05) is 13.8 Å². The molecule has 0 bridgehead atoms. The summed E-state index contributed by atoms with van der Waals surface area (Å²) in [6.45, 7) is 3.92. The lowest BCUT2D eigenvalue weighted by molar-refractivity contribution is -0.119. The zero-order valence-electron chi connectivity index (χ0n) is 6.29. The minimum absolute atomic E-state index is 0.268. The minimum Gasteiger partial charge on any atom is -0.368 e. The van der Waals surface area contributed by atoms with E-state index in [1.54, 1.807) is 0 Å². The molecule has 0 aliphatic heterocycles. The van der Waals surface area contributed by atoms with Crippen molar-refractivity contribution in [2.75, 3.05) is 5.75 Å². The Kier molecular flexibility index (Phi) is 4.47. The summed E-state index contributed by atoms with van der Waals surface area (Å²) in [6, 6.07) is -0.0343. The van der Waals surface area contributed by atoms with Crippen LogP contribution >= 0.6 is 12.6 Å². The average Bonchev–Trinajstić information content (AvgIpc) is 1.81. The van der Waals surface area contributed by atoms with Gasteiger partial charge in [0.25, 0.3) is 0 Å². The lowest BCUT2D eigenvalue weighted by atomic mass is 10.3. The molecule has 1 atom stereocenters. The fraction of sp³-hybridized carbons (Fsp3) is 0.833. The molecule has 0 rings (SSSR count). The lowest BCUT2D eigenvalue weighted by Crippen LogP contribution is -2.45. The van der Waals surface area contributed by atoms with Gasteiger partial charge in [-0.1, -0.05) is 13.8 Å². The maximum absolute atomic E-state index is 10.6. The SMILES string of the molecule is CC(C)NC(CS)C(N)=O. The van der Waals surface area contributed by atoms with Gasteiger partial charge in [-0.2, -0.15) is 12.6 Å². The van der Waals surface area contributed by atoms with Gasteiger partial charge in [-0.05, 0) is 0 Å². The third-order valence-electron chi connectivity index (χ3n) is 1.06. The van der Waals surface area contributed by atoms with Crippen molar-refractivity contribution in [3.63, 3.8) is 0 Å². The molecule has 1 unspecified atom stereocenters. The number of rotatable bonds is 4. The van der Waals surface area contributed by atoms with E-state index in [4.69, 9.17) is 5.73 Å². The first-order valence-corrected chi connectivity index (χ1v) is 3.87. The van der Waals surface area contributed by atoms with Crippen molar-refractivity contribution in [3.8, 4) is 0 Å². The number of nitrogens with one attached hydrogen (secondary N) is 1. The number of carbonyl (C=O) groups is 1. The number of thiol groups is 1. The van der Waals surface area contributed by atoms with Crippen LogP contribution in [0.1, 0.15) is 13.8 Å². The predicted molar refractivity (Wildman–Crippen MR) is 45.1 cm³/mol. The van der Waals surface area contributed by atoms with Crippen LogP contribution in [0.5, 0.6) is 0 Å². The summed E-state index contributed by atoms with van der Waals surface area (Å²) in [4.78, 5) is 10.6. The molecule has 0 aromatic carbocycles. The highest BCUT2D eigenvalue weighted by Gasteiger charge is 2.12. The molecule has 60 valence electrons. The molecule has 0 radical (unpaired) electrons. The van der Waals surface area contributed by atoms with Crippen molar-refractivity contribution in [2.45, 2.75) is 25.9 Å². The summed E-state index contributed by atoms with van der Waals surface area (Å²) in [5.74, 6) is 0.108. The number of amides is 1. The van der Waals surface area contributed by atoms with E-state index >= 15 is 0 Å². The van der Waals surface area contributed by atoms with Gasteiger partial charge in [-0.3, -0.25) is 4.79 Å².